The van der Waals surface area contributed by atoms with Crippen LogP contribution in [-0.2, 0) is 5.41 Å². The van der Waals surface area contributed by atoms with E-state index in [1.807, 2.05) is 12.1 Å². The molecule has 0 unspecified atom stereocenters. The van der Waals surface area contributed by atoms with Crippen molar-refractivity contribution < 1.29 is 5.11 Å². The smallest absolute Gasteiger partial charge is 0.142 e. The standard InChI is InChI=1S/C11H13NOS/c1-11(2,3)10-12-9-7(13)5-4-6-8(9)14-10/h4-6,13H,1-3H3. The van der Waals surface area contributed by atoms with Crippen molar-refractivity contribution >= 4 is 21.6 Å². The van der Waals surface area contributed by atoms with Gasteiger partial charge in [-0.2, -0.15) is 0 Å². The van der Waals surface area contributed by atoms with Gasteiger partial charge in [0.2, 0.25) is 0 Å². The van der Waals surface area contributed by atoms with Crippen LogP contribution < -0.4 is 0 Å². The number of benzene rings is 1. The highest BCUT2D eigenvalue weighted by atomic mass is 32.1. The summed E-state index contributed by atoms with van der Waals surface area (Å²) in [7, 11) is 0. The molecular weight excluding hydrogens is 194 g/mol. The van der Waals surface area contributed by atoms with Gasteiger partial charge in [-0.3, -0.25) is 0 Å². The van der Waals surface area contributed by atoms with Gasteiger partial charge in [0.05, 0.1) is 9.71 Å². The van der Waals surface area contributed by atoms with E-state index in [2.05, 4.69) is 25.8 Å². The maximum Gasteiger partial charge on any atom is 0.142 e. The van der Waals surface area contributed by atoms with Crippen molar-refractivity contribution in [3.8, 4) is 5.75 Å². The molecule has 2 rings (SSSR count). The van der Waals surface area contributed by atoms with E-state index in [0.29, 0.717) is 0 Å². The molecule has 0 saturated heterocycles. The Bertz CT molecular complexity index is 468. The highest BCUT2D eigenvalue weighted by Crippen LogP contribution is 2.34. The summed E-state index contributed by atoms with van der Waals surface area (Å²) in [6.07, 6.45) is 0. The predicted octanol–water partition coefficient (Wildman–Crippen LogP) is 3.30. The molecule has 0 spiro atoms. The number of nitrogens with zero attached hydrogens (tertiary/aromatic N) is 1. The average molecular weight is 207 g/mol. The second-order valence-electron chi connectivity index (χ2n) is 4.39. The lowest BCUT2D eigenvalue weighted by atomic mass is 9.98. The lowest BCUT2D eigenvalue weighted by molar-refractivity contribution is 0.480. The SMILES string of the molecule is CC(C)(C)c1nc2c(O)cccc2s1. The molecule has 1 aromatic heterocycles. The van der Waals surface area contributed by atoms with Gasteiger partial charge in [0.25, 0.3) is 0 Å². The van der Waals surface area contributed by atoms with E-state index < -0.39 is 0 Å². The topological polar surface area (TPSA) is 33.1 Å². The van der Waals surface area contributed by atoms with Crippen molar-refractivity contribution in [2.24, 2.45) is 0 Å². The number of hydrogen-bond acceptors (Lipinski definition) is 3. The molecule has 0 fully saturated rings. The molecule has 14 heavy (non-hydrogen) atoms. The molecule has 1 N–H and O–H groups in total. The zero-order valence-electron chi connectivity index (χ0n) is 8.53. The summed E-state index contributed by atoms with van der Waals surface area (Å²) < 4.78 is 1.05. The summed E-state index contributed by atoms with van der Waals surface area (Å²) >= 11 is 1.65. The van der Waals surface area contributed by atoms with Crippen LogP contribution in [0.25, 0.3) is 10.2 Å². The Morgan fingerprint density at radius 1 is 1.29 bits per heavy atom. The first-order valence-corrected chi connectivity index (χ1v) is 5.39. The van der Waals surface area contributed by atoms with Gasteiger partial charge in [0, 0.05) is 5.41 Å². The van der Waals surface area contributed by atoms with Gasteiger partial charge in [0.15, 0.2) is 0 Å². The number of aromatic hydroxyl groups is 1. The number of thiazole rings is 1. The van der Waals surface area contributed by atoms with Gasteiger partial charge in [-0.1, -0.05) is 26.8 Å². The zero-order valence-corrected chi connectivity index (χ0v) is 9.35. The van der Waals surface area contributed by atoms with Crippen LogP contribution in [0.3, 0.4) is 0 Å². The minimum atomic E-state index is 0.0517. The largest absolute Gasteiger partial charge is 0.506 e. The van der Waals surface area contributed by atoms with Gasteiger partial charge in [0.1, 0.15) is 11.3 Å². The van der Waals surface area contributed by atoms with Gasteiger partial charge in [-0.15, -0.1) is 11.3 Å². The Kier molecular flexibility index (Phi) is 2.00. The number of rotatable bonds is 0. The number of phenolic OH excluding ortho intramolecular Hbond substituents is 1. The molecule has 74 valence electrons. The zero-order chi connectivity index (χ0) is 10.3. The van der Waals surface area contributed by atoms with Crippen molar-refractivity contribution in [2.75, 3.05) is 0 Å². The molecule has 3 heteroatoms. The van der Waals surface area contributed by atoms with Crippen molar-refractivity contribution in [3.05, 3.63) is 23.2 Å². The monoisotopic (exact) mass is 207 g/mol. The maximum absolute atomic E-state index is 9.59. The van der Waals surface area contributed by atoms with E-state index in [0.717, 1.165) is 15.2 Å². The van der Waals surface area contributed by atoms with E-state index in [1.54, 1.807) is 17.4 Å². The number of aromatic nitrogens is 1. The first-order valence-electron chi connectivity index (χ1n) is 4.57. The molecule has 0 amide bonds. The normalized spacial score (nSPS) is 12.2. The first kappa shape index (κ1) is 9.46. The fourth-order valence-electron chi connectivity index (χ4n) is 1.25. The van der Waals surface area contributed by atoms with Crippen molar-refractivity contribution in [2.45, 2.75) is 26.2 Å². The van der Waals surface area contributed by atoms with Crippen LogP contribution in [0.2, 0.25) is 0 Å². The van der Waals surface area contributed by atoms with Crippen LogP contribution in [0.4, 0.5) is 0 Å². The second kappa shape index (κ2) is 2.95. The Morgan fingerprint density at radius 3 is 2.57 bits per heavy atom. The lowest BCUT2D eigenvalue weighted by Crippen LogP contribution is -2.09. The molecule has 0 saturated carbocycles. The number of para-hydroxylation sites is 1. The van der Waals surface area contributed by atoms with Crippen molar-refractivity contribution in [3.63, 3.8) is 0 Å². The Hall–Kier alpha value is -1.09. The van der Waals surface area contributed by atoms with Crippen LogP contribution in [0.1, 0.15) is 25.8 Å². The quantitative estimate of drug-likeness (QED) is 0.719. The lowest BCUT2D eigenvalue weighted by Gasteiger charge is -2.13. The van der Waals surface area contributed by atoms with Crippen molar-refractivity contribution in [1.82, 2.24) is 4.98 Å². The summed E-state index contributed by atoms with van der Waals surface area (Å²) in [4.78, 5) is 4.45. The molecule has 0 aliphatic rings. The summed E-state index contributed by atoms with van der Waals surface area (Å²) in [6.45, 7) is 6.38. The van der Waals surface area contributed by atoms with E-state index in [-0.39, 0.29) is 11.2 Å². The molecule has 1 aromatic carbocycles. The average Bonchev–Trinajstić information content (AvgIpc) is 2.48. The minimum absolute atomic E-state index is 0.0517. The van der Waals surface area contributed by atoms with Crippen LogP contribution in [0, 0.1) is 0 Å². The van der Waals surface area contributed by atoms with Crippen molar-refractivity contribution in [1.29, 1.82) is 0 Å². The number of phenols is 1. The van der Waals surface area contributed by atoms with Crippen LogP contribution in [0.5, 0.6) is 5.75 Å². The number of hydrogen-bond donors (Lipinski definition) is 1. The summed E-state index contributed by atoms with van der Waals surface area (Å²) in [5.41, 5.74) is 0.776. The fraction of sp³-hybridized carbons (Fsp3) is 0.364. The van der Waals surface area contributed by atoms with Crippen LogP contribution >= 0.6 is 11.3 Å². The molecule has 0 aliphatic carbocycles. The molecule has 0 atom stereocenters. The van der Waals surface area contributed by atoms with E-state index in [9.17, 15) is 5.11 Å². The Morgan fingerprint density at radius 2 is 2.00 bits per heavy atom. The Balaban J connectivity index is 2.69. The third kappa shape index (κ3) is 1.48. The van der Waals surface area contributed by atoms with Gasteiger partial charge in [-0.25, -0.2) is 4.98 Å². The van der Waals surface area contributed by atoms with Gasteiger partial charge in [-0.05, 0) is 12.1 Å². The third-order valence-corrected chi connectivity index (χ3v) is 3.49. The molecule has 0 radical (unpaired) electrons. The molecule has 0 aliphatic heterocycles. The summed E-state index contributed by atoms with van der Waals surface area (Å²) in [5, 5.41) is 10.7. The van der Waals surface area contributed by atoms with E-state index >= 15 is 0 Å². The first-order chi connectivity index (χ1) is 6.48. The summed E-state index contributed by atoms with van der Waals surface area (Å²) in [6, 6.07) is 5.51. The third-order valence-electron chi connectivity index (χ3n) is 2.04. The predicted molar refractivity (Wildman–Crippen MR) is 60.0 cm³/mol. The maximum atomic E-state index is 9.59. The Labute approximate surface area is 87.2 Å². The van der Waals surface area contributed by atoms with Gasteiger partial charge >= 0.3 is 0 Å². The summed E-state index contributed by atoms with van der Waals surface area (Å²) in [5.74, 6) is 0.272. The highest BCUT2D eigenvalue weighted by molar-refractivity contribution is 7.18. The highest BCUT2D eigenvalue weighted by Gasteiger charge is 2.19. The fourth-order valence-corrected chi connectivity index (χ4v) is 2.30. The van der Waals surface area contributed by atoms with Crippen LogP contribution in [0.15, 0.2) is 18.2 Å². The molecular formula is C11H13NOS. The molecule has 2 nitrogen and oxygen atoms in total. The molecule has 2 aromatic rings. The second-order valence-corrected chi connectivity index (χ2v) is 5.42. The van der Waals surface area contributed by atoms with Gasteiger partial charge < -0.3 is 5.11 Å². The molecule has 1 heterocycles. The van der Waals surface area contributed by atoms with E-state index in [1.165, 1.54) is 0 Å². The number of fused-ring (bicyclic) bond motifs is 1. The minimum Gasteiger partial charge on any atom is -0.506 e. The van der Waals surface area contributed by atoms with E-state index in [4.69, 9.17) is 0 Å². The van der Waals surface area contributed by atoms with Crippen LogP contribution in [-0.4, -0.2) is 10.1 Å². The molecule has 0 bridgehead atoms.